The van der Waals surface area contributed by atoms with Crippen molar-refractivity contribution in [1.29, 1.82) is 0 Å². The molecule has 0 saturated carbocycles. The summed E-state index contributed by atoms with van der Waals surface area (Å²) in [5, 5.41) is 11.7. The van der Waals surface area contributed by atoms with Gasteiger partial charge in [0.05, 0.1) is 15.7 Å². The lowest BCUT2D eigenvalue weighted by atomic mass is 10.3. The number of hydrogen-bond donors (Lipinski definition) is 1. The molecule has 0 atom stereocenters. The zero-order chi connectivity index (χ0) is 18.1. The molecule has 0 amide bonds. The van der Waals surface area contributed by atoms with Crippen LogP contribution in [0, 0.1) is 6.92 Å². The van der Waals surface area contributed by atoms with Crippen molar-refractivity contribution in [3.63, 3.8) is 0 Å². The van der Waals surface area contributed by atoms with Crippen molar-refractivity contribution in [2.75, 3.05) is 0 Å². The van der Waals surface area contributed by atoms with Gasteiger partial charge in [0.15, 0.2) is 10.9 Å². The minimum atomic E-state index is -0.722. The molecule has 2 heterocycles. The second-order valence-electron chi connectivity index (χ2n) is 4.79. The van der Waals surface area contributed by atoms with E-state index in [1.54, 1.807) is 0 Å². The molecule has 8 nitrogen and oxygen atoms in total. The third kappa shape index (κ3) is 3.65. The standard InChI is InChI=1S/C14H8Cl3N5O3/c1-6-13(23)18-14(24)22(21-6)7-4-8(15)12(9(16)5-7)25-11-3-2-10(17)19-20-11/h2-5H,1H3,(H,18,23,24). The van der Waals surface area contributed by atoms with Gasteiger partial charge in [-0.25, -0.2) is 4.79 Å². The highest BCUT2D eigenvalue weighted by Crippen LogP contribution is 2.37. The number of nitrogens with one attached hydrogen (secondary N) is 1. The lowest BCUT2D eigenvalue weighted by molar-refractivity contribution is 0.455. The summed E-state index contributed by atoms with van der Waals surface area (Å²) in [4.78, 5) is 25.5. The number of nitrogens with zero attached hydrogens (tertiary/aromatic N) is 4. The summed E-state index contributed by atoms with van der Waals surface area (Å²) >= 11 is 18.0. The van der Waals surface area contributed by atoms with E-state index in [0.717, 1.165) is 4.68 Å². The predicted octanol–water partition coefficient (Wildman–Crippen LogP) is 2.77. The van der Waals surface area contributed by atoms with E-state index in [0.29, 0.717) is 0 Å². The molecule has 0 spiro atoms. The van der Waals surface area contributed by atoms with Crippen molar-refractivity contribution in [3.8, 4) is 17.3 Å². The Morgan fingerprint density at radius 2 is 1.76 bits per heavy atom. The van der Waals surface area contributed by atoms with Crippen LogP contribution in [0.3, 0.4) is 0 Å². The Hall–Kier alpha value is -2.42. The average molecular weight is 401 g/mol. The van der Waals surface area contributed by atoms with Crippen LogP contribution in [0.4, 0.5) is 0 Å². The summed E-state index contributed by atoms with van der Waals surface area (Å²) in [7, 11) is 0. The number of H-pyrrole nitrogens is 1. The first-order valence-corrected chi connectivity index (χ1v) is 7.85. The zero-order valence-corrected chi connectivity index (χ0v) is 14.7. The van der Waals surface area contributed by atoms with Gasteiger partial charge >= 0.3 is 5.69 Å². The van der Waals surface area contributed by atoms with Gasteiger partial charge < -0.3 is 4.74 Å². The van der Waals surface area contributed by atoms with E-state index in [1.807, 2.05) is 0 Å². The highest BCUT2D eigenvalue weighted by molar-refractivity contribution is 6.37. The fourth-order valence-electron chi connectivity index (χ4n) is 1.89. The van der Waals surface area contributed by atoms with Crippen LogP contribution in [0.5, 0.6) is 11.6 Å². The Morgan fingerprint density at radius 3 is 2.36 bits per heavy atom. The van der Waals surface area contributed by atoms with Gasteiger partial charge in [0.1, 0.15) is 5.69 Å². The first kappa shape index (κ1) is 17.4. The molecule has 0 aliphatic heterocycles. The fourth-order valence-corrected chi connectivity index (χ4v) is 2.54. The zero-order valence-electron chi connectivity index (χ0n) is 12.5. The number of hydrogen-bond acceptors (Lipinski definition) is 6. The number of ether oxygens (including phenoxy) is 1. The Bertz CT molecular complexity index is 1040. The molecule has 128 valence electrons. The van der Waals surface area contributed by atoms with Crippen molar-refractivity contribution in [2.45, 2.75) is 6.92 Å². The summed E-state index contributed by atoms with van der Waals surface area (Å²) < 4.78 is 6.47. The number of benzene rings is 1. The van der Waals surface area contributed by atoms with E-state index in [-0.39, 0.29) is 38.2 Å². The second-order valence-corrected chi connectivity index (χ2v) is 5.99. The fraction of sp³-hybridized carbons (Fsp3) is 0.0714. The maximum Gasteiger partial charge on any atom is 0.349 e. The molecule has 1 N–H and O–H groups in total. The summed E-state index contributed by atoms with van der Waals surface area (Å²) in [5.74, 6) is 0.258. The van der Waals surface area contributed by atoms with Crippen LogP contribution in [0.2, 0.25) is 15.2 Å². The molecule has 0 aliphatic rings. The normalized spacial score (nSPS) is 10.7. The van der Waals surface area contributed by atoms with Crippen molar-refractivity contribution in [1.82, 2.24) is 25.0 Å². The van der Waals surface area contributed by atoms with Crippen molar-refractivity contribution >= 4 is 34.8 Å². The first-order chi connectivity index (χ1) is 11.8. The van der Waals surface area contributed by atoms with Gasteiger partial charge in [-0.15, -0.1) is 10.2 Å². The van der Waals surface area contributed by atoms with Crippen LogP contribution in [0.15, 0.2) is 33.9 Å². The summed E-state index contributed by atoms with van der Waals surface area (Å²) in [6.07, 6.45) is 0. The van der Waals surface area contributed by atoms with Crippen LogP contribution in [0.25, 0.3) is 5.69 Å². The van der Waals surface area contributed by atoms with Crippen molar-refractivity contribution < 1.29 is 4.74 Å². The van der Waals surface area contributed by atoms with Crippen LogP contribution in [-0.2, 0) is 0 Å². The molecule has 11 heteroatoms. The van der Waals surface area contributed by atoms with Gasteiger partial charge in [-0.3, -0.25) is 9.78 Å². The molecule has 1 aromatic carbocycles. The third-order valence-electron chi connectivity index (χ3n) is 3.03. The number of aryl methyl sites for hydroxylation is 1. The summed E-state index contributed by atoms with van der Waals surface area (Å²) in [6, 6.07) is 5.82. The number of rotatable bonds is 3. The SMILES string of the molecule is Cc1nn(-c2cc(Cl)c(Oc3ccc(Cl)nn3)c(Cl)c2)c(=O)[nH]c1=O. The minimum absolute atomic E-state index is 0.108. The molecule has 0 unspecified atom stereocenters. The van der Waals surface area contributed by atoms with Gasteiger partial charge in [0.25, 0.3) is 5.56 Å². The number of aromatic nitrogens is 5. The maximum absolute atomic E-state index is 11.9. The lowest BCUT2D eigenvalue weighted by Gasteiger charge is -2.11. The van der Waals surface area contributed by atoms with E-state index in [2.05, 4.69) is 20.3 Å². The van der Waals surface area contributed by atoms with E-state index in [4.69, 9.17) is 39.5 Å². The molecule has 3 rings (SSSR count). The highest BCUT2D eigenvalue weighted by Gasteiger charge is 2.15. The van der Waals surface area contributed by atoms with Gasteiger partial charge in [-0.2, -0.15) is 9.78 Å². The van der Waals surface area contributed by atoms with Gasteiger partial charge in [0, 0.05) is 6.07 Å². The Kier molecular flexibility index (Phi) is 4.76. The minimum Gasteiger partial charge on any atom is -0.434 e. The molecule has 0 bridgehead atoms. The summed E-state index contributed by atoms with van der Waals surface area (Å²) in [6.45, 7) is 1.47. The average Bonchev–Trinajstić information content (AvgIpc) is 2.56. The van der Waals surface area contributed by atoms with Gasteiger partial charge in [-0.05, 0) is 25.1 Å². The topological polar surface area (TPSA) is 103 Å². The maximum atomic E-state index is 11.9. The second kappa shape index (κ2) is 6.83. The first-order valence-electron chi connectivity index (χ1n) is 6.72. The van der Waals surface area contributed by atoms with Crippen LogP contribution in [0.1, 0.15) is 5.69 Å². The number of aromatic amines is 1. The summed E-state index contributed by atoms with van der Waals surface area (Å²) in [5.41, 5.74) is -0.919. The largest absolute Gasteiger partial charge is 0.434 e. The monoisotopic (exact) mass is 399 g/mol. The highest BCUT2D eigenvalue weighted by atomic mass is 35.5. The Morgan fingerprint density at radius 1 is 1.08 bits per heavy atom. The molecule has 0 saturated heterocycles. The Balaban J connectivity index is 2.03. The molecular formula is C14H8Cl3N5O3. The number of halogens is 3. The molecule has 0 fully saturated rings. The van der Waals surface area contributed by atoms with E-state index < -0.39 is 11.2 Å². The molecule has 0 aliphatic carbocycles. The van der Waals surface area contributed by atoms with E-state index >= 15 is 0 Å². The van der Waals surface area contributed by atoms with E-state index in [9.17, 15) is 9.59 Å². The van der Waals surface area contributed by atoms with Crippen LogP contribution < -0.4 is 16.0 Å². The molecule has 0 radical (unpaired) electrons. The quantitative estimate of drug-likeness (QED) is 0.725. The van der Waals surface area contributed by atoms with Crippen molar-refractivity contribution in [2.24, 2.45) is 0 Å². The van der Waals surface area contributed by atoms with Crippen LogP contribution in [-0.4, -0.2) is 25.0 Å². The Labute approximate surface area is 155 Å². The molecular weight excluding hydrogens is 393 g/mol. The smallest absolute Gasteiger partial charge is 0.349 e. The van der Waals surface area contributed by atoms with Gasteiger partial charge in [0.2, 0.25) is 5.88 Å². The van der Waals surface area contributed by atoms with Gasteiger partial charge in [-0.1, -0.05) is 34.8 Å². The molecule has 2 aromatic heterocycles. The van der Waals surface area contributed by atoms with Crippen molar-refractivity contribution in [3.05, 3.63) is 66.0 Å². The van der Waals surface area contributed by atoms with E-state index in [1.165, 1.54) is 31.2 Å². The molecule has 3 aromatic rings. The molecule has 25 heavy (non-hydrogen) atoms. The third-order valence-corrected chi connectivity index (χ3v) is 3.80. The predicted molar refractivity (Wildman–Crippen MR) is 92.3 cm³/mol. The lowest BCUT2D eigenvalue weighted by Crippen LogP contribution is -2.32. The van der Waals surface area contributed by atoms with Crippen LogP contribution >= 0.6 is 34.8 Å².